The lowest BCUT2D eigenvalue weighted by atomic mass is 10.0. The zero-order valence-corrected chi connectivity index (χ0v) is 15.1. The molecule has 0 amide bonds. The van der Waals surface area contributed by atoms with Crippen molar-refractivity contribution in [3.8, 4) is 11.1 Å². The normalized spacial score (nSPS) is 16.2. The second kappa shape index (κ2) is 7.51. The Kier molecular flexibility index (Phi) is 4.95. The van der Waals surface area contributed by atoms with Crippen molar-refractivity contribution < 1.29 is 9.53 Å². The second-order valence-electron chi connectivity index (χ2n) is 6.88. The number of carbonyl (C=O) groups excluding carboxylic acids is 1. The zero-order chi connectivity index (χ0) is 17.9. The van der Waals surface area contributed by atoms with Crippen molar-refractivity contribution >= 4 is 11.6 Å². The number of rotatable bonds is 6. The minimum atomic E-state index is 0.0938. The number of aromatic nitrogens is 2. The average Bonchev–Trinajstić information content (AvgIpc) is 3.04. The van der Waals surface area contributed by atoms with Gasteiger partial charge in [0.1, 0.15) is 12.1 Å². The van der Waals surface area contributed by atoms with Gasteiger partial charge in [0.2, 0.25) is 0 Å². The number of nitrogens with zero attached hydrogens (tertiary/aromatic N) is 3. The van der Waals surface area contributed by atoms with E-state index >= 15 is 0 Å². The number of fused-ring (bicyclic) bond motifs is 3. The maximum absolute atomic E-state index is 11.6. The number of hydrogen-bond donors (Lipinski definition) is 1. The Balaban J connectivity index is 1.44. The highest BCUT2D eigenvalue weighted by Crippen LogP contribution is 2.39. The second-order valence-corrected chi connectivity index (χ2v) is 6.88. The van der Waals surface area contributed by atoms with E-state index in [2.05, 4.69) is 20.2 Å². The monoisotopic (exact) mass is 352 g/mol. The van der Waals surface area contributed by atoms with Gasteiger partial charge in [0.15, 0.2) is 5.78 Å². The zero-order valence-electron chi connectivity index (χ0n) is 15.1. The van der Waals surface area contributed by atoms with Crippen LogP contribution in [-0.2, 0) is 11.2 Å². The van der Waals surface area contributed by atoms with Crippen LogP contribution in [0.5, 0.6) is 0 Å². The summed E-state index contributed by atoms with van der Waals surface area (Å²) in [7, 11) is 0. The molecule has 1 N–H and O–H groups in total. The third-order valence-corrected chi connectivity index (χ3v) is 5.11. The molecule has 1 aliphatic heterocycles. The lowest BCUT2D eigenvalue weighted by Gasteiger charge is -2.26. The Morgan fingerprint density at radius 1 is 1.27 bits per heavy atom. The summed E-state index contributed by atoms with van der Waals surface area (Å²) in [5.41, 5.74) is 5.17. The molecular formula is C20H24N4O2. The first-order valence-corrected chi connectivity index (χ1v) is 9.24. The number of Topliss-reactive ketones (excluding diaryl/α,β-unsaturated/α-hetero) is 1. The first-order valence-electron chi connectivity index (χ1n) is 9.24. The molecule has 1 saturated heterocycles. The molecular weight excluding hydrogens is 328 g/mol. The first-order chi connectivity index (χ1) is 12.7. The molecule has 136 valence electrons. The van der Waals surface area contributed by atoms with Crippen LogP contribution in [0, 0.1) is 0 Å². The molecule has 0 saturated carbocycles. The summed E-state index contributed by atoms with van der Waals surface area (Å²) in [6.07, 6.45) is 3.45. The summed E-state index contributed by atoms with van der Waals surface area (Å²) in [6.45, 7) is 7.27. The standard InChI is InChI=1S/C20H24N4O2/c1-14(25)15-3-4-17-16(11-15)12-18-19(17)20(23-13-22-18)21-5-2-6-24-7-9-26-10-8-24/h3-4,11,13H,2,5-10,12H2,1H3,(H,21,22,23). The van der Waals surface area contributed by atoms with Crippen LogP contribution in [-0.4, -0.2) is 60.0 Å². The van der Waals surface area contributed by atoms with Crippen LogP contribution in [0.15, 0.2) is 24.5 Å². The number of ketones is 1. The van der Waals surface area contributed by atoms with Crippen molar-refractivity contribution in [2.75, 3.05) is 44.7 Å². The van der Waals surface area contributed by atoms with Crippen LogP contribution in [0.4, 0.5) is 5.82 Å². The van der Waals surface area contributed by atoms with Gasteiger partial charge in [-0.2, -0.15) is 0 Å². The van der Waals surface area contributed by atoms with Gasteiger partial charge in [-0.25, -0.2) is 9.97 Å². The minimum absolute atomic E-state index is 0.0938. The molecule has 0 unspecified atom stereocenters. The van der Waals surface area contributed by atoms with Gasteiger partial charge >= 0.3 is 0 Å². The lowest BCUT2D eigenvalue weighted by molar-refractivity contribution is 0.0378. The minimum Gasteiger partial charge on any atom is -0.379 e. The van der Waals surface area contributed by atoms with E-state index in [0.29, 0.717) is 0 Å². The van der Waals surface area contributed by atoms with E-state index in [-0.39, 0.29) is 5.78 Å². The molecule has 1 aromatic heterocycles. The summed E-state index contributed by atoms with van der Waals surface area (Å²) >= 11 is 0. The topological polar surface area (TPSA) is 67.4 Å². The maximum atomic E-state index is 11.6. The highest BCUT2D eigenvalue weighted by atomic mass is 16.5. The molecule has 2 heterocycles. The molecule has 0 bridgehead atoms. The molecule has 6 heteroatoms. The van der Waals surface area contributed by atoms with Gasteiger partial charge in [-0.1, -0.05) is 12.1 Å². The SMILES string of the molecule is CC(=O)c1ccc2c(c1)Cc1ncnc(NCCCN3CCOCC3)c1-2. The third-order valence-electron chi connectivity index (χ3n) is 5.11. The van der Waals surface area contributed by atoms with Gasteiger partial charge in [0.25, 0.3) is 0 Å². The summed E-state index contributed by atoms with van der Waals surface area (Å²) in [4.78, 5) is 23.0. The number of anilines is 1. The van der Waals surface area contributed by atoms with Gasteiger partial charge in [-0.05, 0) is 37.1 Å². The van der Waals surface area contributed by atoms with Crippen LogP contribution in [0.3, 0.4) is 0 Å². The van der Waals surface area contributed by atoms with Crippen molar-refractivity contribution in [1.82, 2.24) is 14.9 Å². The van der Waals surface area contributed by atoms with Crippen LogP contribution < -0.4 is 5.32 Å². The van der Waals surface area contributed by atoms with Crippen LogP contribution in [0.2, 0.25) is 0 Å². The molecule has 4 rings (SSSR count). The fraction of sp³-hybridized carbons (Fsp3) is 0.450. The number of ether oxygens (including phenoxy) is 1. The highest BCUT2D eigenvalue weighted by Gasteiger charge is 2.24. The third kappa shape index (κ3) is 3.48. The van der Waals surface area contributed by atoms with Crippen molar-refractivity contribution in [3.63, 3.8) is 0 Å². The van der Waals surface area contributed by atoms with E-state index in [4.69, 9.17) is 4.74 Å². The fourth-order valence-electron chi connectivity index (χ4n) is 3.69. The molecule has 0 radical (unpaired) electrons. The van der Waals surface area contributed by atoms with E-state index in [9.17, 15) is 4.79 Å². The van der Waals surface area contributed by atoms with Crippen LogP contribution >= 0.6 is 0 Å². The van der Waals surface area contributed by atoms with E-state index < -0.39 is 0 Å². The largest absolute Gasteiger partial charge is 0.379 e. The van der Waals surface area contributed by atoms with Crippen LogP contribution in [0.1, 0.15) is 35.0 Å². The predicted molar refractivity (Wildman–Crippen MR) is 101 cm³/mol. The van der Waals surface area contributed by atoms with E-state index in [1.165, 1.54) is 0 Å². The maximum Gasteiger partial charge on any atom is 0.159 e. The molecule has 1 aliphatic carbocycles. The lowest BCUT2D eigenvalue weighted by Crippen LogP contribution is -2.37. The quantitative estimate of drug-likeness (QED) is 0.543. The molecule has 1 fully saturated rings. The van der Waals surface area contributed by atoms with Crippen molar-refractivity contribution in [2.45, 2.75) is 19.8 Å². The Bertz CT molecular complexity index is 815. The molecule has 6 nitrogen and oxygen atoms in total. The van der Waals surface area contributed by atoms with Gasteiger partial charge < -0.3 is 10.1 Å². The van der Waals surface area contributed by atoms with E-state index in [0.717, 1.165) is 86.0 Å². The number of benzene rings is 1. The smallest absolute Gasteiger partial charge is 0.159 e. The average molecular weight is 352 g/mol. The van der Waals surface area contributed by atoms with Crippen LogP contribution in [0.25, 0.3) is 11.1 Å². The van der Waals surface area contributed by atoms with E-state index in [1.54, 1.807) is 13.3 Å². The first kappa shape index (κ1) is 17.1. The molecule has 2 aliphatic rings. The van der Waals surface area contributed by atoms with Crippen molar-refractivity contribution in [3.05, 3.63) is 41.3 Å². The summed E-state index contributed by atoms with van der Waals surface area (Å²) in [5, 5.41) is 3.49. The molecule has 2 aromatic rings. The number of morpholine rings is 1. The number of hydrogen-bond acceptors (Lipinski definition) is 6. The molecule has 1 aromatic carbocycles. The summed E-state index contributed by atoms with van der Waals surface area (Å²) in [5.74, 6) is 0.989. The summed E-state index contributed by atoms with van der Waals surface area (Å²) < 4.78 is 5.39. The molecule has 0 atom stereocenters. The Morgan fingerprint density at radius 3 is 2.92 bits per heavy atom. The Hall–Kier alpha value is -2.31. The van der Waals surface area contributed by atoms with Gasteiger partial charge in [-0.3, -0.25) is 9.69 Å². The van der Waals surface area contributed by atoms with Crippen molar-refractivity contribution in [2.24, 2.45) is 0 Å². The molecule has 0 spiro atoms. The number of nitrogens with one attached hydrogen (secondary N) is 1. The van der Waals surface area contributed by atoms with Gasteiger partial charge in [-0.15, -0.1) is 0 Å². The van der Waals surface area contributed by atoms with Gasteiger partial charge in [0, 0.05) is 37.2 Å². The Labute approximate surface area is 153 Å². The molecule has 26 heavy (non-hydrogen) atoms. The van der Waals surface area contributed by atoms with Crippen molar-refractivity contribution in [1.29, 1.82) is 0 Å². The fourth-order valence-corrected chi connectivity index (χ4v) is 3.69. The predicted octanol–water partition coefficient (Wildman–Crippen LogP) is 2.38. The summed E-state index contributed by atoms with van der Waals surface area (Å²) in [6, 6.07) is 5.91. The Morgan fingerprint density at radius 2 is 2.12 bits per heavy atom. The number of carbonyl (C=O) groups is 1. The van der Waals surface area contributed by atoms with Gasteiger partial charge in [0.05, 0.1) is 18.9 Å². The van der Waals surface area contributed by atoms with E-state index in [1.807, 2.05) is 18.2 Å². The highest BCUT2D eigenvalue weighted by molar-refractivity contribution is 5.96.